The Hall–Kier alpha value is -1.89. The van der Waals surface area contributed by atoms with E-state index < -0.39 is 35.7 Å². The van der Waals surface area contributed by atoms with Crippen LogP contribution in [0.2, 0.25) is 0 Å². The molecule has 1 aliphatic heterocycles. The summed E-state index contributed by atoms with van der Waals surface area (Å²) in [5, 5.41) is 10.5. The van der Waals surface area contributed by atoms with Crippen LogP contribution in [0.15, 0.2) is 36.4 Å². The van der Waals surface area contributed by atoms with Crippen molar-refractivity contribution in [3.05, 3.63) is 62.2 Å². The summed E-state index contributed by atoms with van der Waals surface area (Å²) in [5.74, 6) is -0.675. The number of fused-ring (bicyclic) bond motifs is 1. The third kappa shape index (κ3) is 3.18. The molecule has 0 spiro atoms. The predicted octanol–water partition coefficient (Wildman–Crippen LogP) is 5.54. The fraction of sp³-hybridized carbons (Fsp3) is 0.278. The van der Waals surface area contributed by atoms with E-state index >= 15 is 0 Å². The van der Waals surface area contributed by atoms with Crippen molar-refractivity contribution in [3.8, 4) is 0 Å². The first-order valence-electron chi connectivity index (χ1n) is 7.95. The number of carbonyl (C=O) groups excluding carboxylic acids is 1. The molecular weight excluding hydrogens is 522 g/mol. The summed E-state index contributed by atoms with van der Waals surface area (Å²) >= 11 is 1.86. The lowest BCUT2D eigenvalue weighted by Gasteiger charge is -2.31. The van der Waals surface area contributed by atoms with Gasteiger partial charge in [-0.05, 0) is 47.2 Å². The van der Waals surface area contributed by atoms with Crippen LogP contribution in [0, 0.1) is 10.5 Å². The van der Waals surface area contributed by atoms with E-state index in [1.54, 1.807) is 12.1 Å². The SMILES string of the molecule is Cc1cc(C(F)(C(F)(F)F)C(F)(F)F)ccc1N1C(=O)c2c(I)cccc2C1O. The third-order valence-corrected chi connectivity index (χ3v) is 5.54. The van der Waals surface area contributed by atoms with E-state index in [0.717, 1.165) is 17.9 Å². The lowest BCUT2D eigenvalue weighted by Crippen LogP contribution is -2.50. The van der Waals surface area contributed by atoms with Crippen molar-refractivity contribution in [1.82, 2.24) is 0 Å². The Morgan fingerprint density at radius 3 is 2.07 bits per heavy atom. The maximum atomic E-state index is 14.3. The highest BCUT2D eigenvalue weighted by atomic mass is 127. The van der Waals surface area contributed by atoms with Crippen LogP contribution in [0.4, 0.5) is 36.4 Å². The number of anilines is 1. The van der Waals surface area contributed by atoms with Crippen molar-refractivity contribution in [2.24, 2.45) is 0 Å². The second-order valence-electron chi connectivity index (χ2n) is 6.41. The molecule has 1 atom stereocenters. The molecule has 0 saturated heterocycles. The lowest BCUT2D eigenvalue weighted by atomic mass is 9.92. The average molecular weight is 533 g/mol. The van der Waals surface area contributed by atoms with E-state index in [9.17, 15) is 40.6 Å². The predicted molar refractivity (Wildman–Crippen MR) is 97.0 cm³/mol. The summed E-state index contributed by atoms with van der Waals surface area (Å²) in [6.07, 6.45) is -14.0. The fourth-order valence-electron chi connectivity index (χ4n) is 3.22. The number of aryl methyl sites for hydroxylation is 1. The molecule has 1 amide bonds. The molecular formula is C18H11F7INO2. The molecule has 1 unspecified atom stereocenters. The molecule has 0 saturated carbocycles. The van der Waals surface area contributed by atoms with E-state index in [4.69, 9.17) is 0 Å². The fourth-order valence-corrected chi connectivity index (χ4v) is 3.97. The number of carbonyl (C=O) groups is 1. The Bertz CT molecular complexity index is 973. The van der Waals surface area contributed by atoms with E-state index in [1.807, 2.05) is 22.6 Å². The number of hydrogen-bond acceptors (Lipinski definition) is 2. The van der Waals surface area contributed by atoms with E-state index in [-0.39, 0.29) is 22.4 Å². The minimum atomic E-state index is -6.24. The molecule has 0 radical (unpaired) electrons. The topological polar surface area (TPSA) is 40.5 Å². The van der Waals surface area contributed by atoms with Gasteiger partial charge in [0, 0.05) is 20.4 Å². The number of halogens is 8. The van der Waals surface area contributed by atoms with Gasteiger partial charge in [0.15, 0.2) is 6.23 Å². The van der Waals surface area contributed by atoms with Crippen LogP contribution in [-0.2, 0) is 5.67 Å². The molecule has 1 aliphatic rings. The second-order valence-corrected chi connectivity index (χ2v) is 7.57. The maximum Gasteiger partial charge on any atom is 0.435 e. The quantitative estimate of drug-likeness (QED) is 0.407. The first-order valence-corrected chi connectivity index (χ1v) is 9.03. The molecule has 0 fully saturated rings. The standard InChI is InChI=1S/C18H11F7INO2/c1-8-7-9(16(19,17(20,21)22)18(23,24)25)5-6-12(8)27-14(28)10-3-2-4-11(26)13(10)15(27)29/h2-7,14,28H,1H3. The molecule has 3 nitrogen and oxygen atoms in total. The molecule has 0 aliphatic carbocycles. The highest BCUT2D eigenvalue weighted by molar-refractivity contribution is 14.1. The van der Waals surface area contributed by atoms with Gasteiger partial charge in [-0.2, -0.15) is 26.3 Å². The number of alkyl halides is 7. The van der Waals surface area contributed by atoms with Gasteiger partial charge < -0.3 is 5.11 Å². The first kappa shape index (κ1) is 21.8. The van der Waals surface area contributed by atoms with Crippen LogP contribution < -0.4 is 4.90 Å². The van der Waals surface area contributed by atoms with Crippen LogP contribution in [0.1, 0.15) is 33.3 Å². The van der Waals surface area contributed by atoms with Gasteiger partial charge in [-0.3, -0.25) is 9.69 Å². The summed E-state index contributed by atoms with van der Waals surface area (Å²) in [6, 6.07) is 6.12. The van der Waals surface area contributed by atoms with E-state index in [0.29, 0.717) is 15.7 Å². The van der Waals surface area contributed by atoms with Crippen LogP contribution in [0.5, 0.6) is 0 Å². The van der Waals surface area contributed by atoms with Crippen molar-refractivity contribution in [2.45, 2.75) is 31.2 Å². The number of aliphatic hydroxyl groups is 1. The number of hydrogen-bond donors (Lipinski definition) is 1. The van der Waals surface area contributed by atoms with Gasteiger partial charge >= 0.3 is 18.0 Å². The summed E-state index contributed by atoms with van der Waals surface area (Å²) in [7, 11) is 0. The summed E-state index contributed by atoms with van der Waals surface area (Å²) in [6.45, 7) is 1.12. The monoisotopic (exact) mass is 533 g/mol. The number of benzene rings is 2. The van der Waals surface area contributed by atoms with Gasteiger partial charge in [0.05, 0.1) is 5.56 Å². The van der Waals surface area contributed by atoms with Crippen LogP contribution in [0.25, 0.3) is 0 Å². The Labute approximate surface area is 173 Å². The van der Waals surface area contributed by atoms with Crippen LogP contribution in [0.3, 0.4) is 0 Å². The van der Waals surface area contributed by atoms with Gasteiger partial charge in [0.25, 0.3) is 5.91 Å². The molecule has 1 N–H and O–H groups in total. The Morgan fingerprint density at radius 1 is 1.00 bits per heavy atom. The highest BCUT2D eigenvalue weighted by Crippen LogP contribution is 2.53. The molecule has 156 valence electrons. The zero-order valence-electron chi connectivity index (χ0n) is 14.4. The van der Waals surface area contributed by atoms with Crippen molar-refractivity contribution < 1.29 is 40.6 Å². The minimum absolute atomic E-state index is 0.134. The molecule has 0 bridgehead atoms. The molecule has 1 heterocycles. The second kappa shape index (κ2) is 6.83. The van der Waals surface area contributed by atoms with E-state index in [2.05, 4.69) is 0 Å². The van der Waals surface area contributed by atoms with Gasteiger partial charge in [-0.15, -0.1) is 0 Å². The summed E-state index contributed by atoms with van der Waals surface area (Å²) in [5.41, 5.74) is -7.19. The Morgan fingerprint density at radius 2 is 1.59 bits per heavy atom. The van der Waals surface area contributed by atoms with Crippen molar-refractivity contribution >= 4 is 34.2 Å². The minimum Gasteiger partial charge on any atom is -0.369 e. The largest absolute Gasteiger partial charge is 0.435 e. The molecule has 2 aromatic rings. The van der Waals surface area contributed by atoms with Crippen molar-refractivity contribution in [2.75, 3.05) is 4.90 Å². The molecule has 0 aromatic heterocycles. The van der Waals surface area contributed by atoms with Crippen LogP contribution >= 0.6 is 22.6 Å². The van der Waals surface area contributed by atoms with Gasteiger partial charge in [0.2, 0.25) is 0 Å². The van der Waals surface area contributed by atoms with Gasteiger partial charge in [-0.25, -0.2) is 4.39 Å². The summed E-state index contributed by atoms with van der Waals surface area (Å²) < 4.78 is 92.6. The van der Waals surface area contributed by atoms with Gasteiger partial charge in [0.1, 0.15) is 0 Å². The molecule has 2 aromatic carbocycles. The van der Waals surface area contributed by atoms with E-state index in [1.165, 1.54) is 6.07 Å². The Kier molecular flexibility index (Phi) is 5.13. The molecule has 29 heavy (non-hydrogen) atoms. The summed E-state index contributed by atoms with van der Waals surface area (Å²) in [4.78, 5) is 13.5. The smallest absolute Gasteiger partial charge is 0.369 e. The third-order valence-electron chi connectivity index (χ3n) is 4.64. The molecule has 11 heteroatoms. The average Bonchev–Trinajstić information content (AvgIpc) is 2.84. The van der Waals surface area contributed by atoms with Gasteiger partial charge in [-0.1, -0.05) is 24.3 Å². The van der Waals surface area contributed by atoms with Crippen molar-refractivity contribution in [3.63, 3.8) is 0 Å². The number of aliphatic hydroxyl groups excluding tert-OH is 1. The zero-order chi connectivity index (χ0) is 21.9. The Balaban J connectivity index is 2.10. The highest BCUT2D eigenvalue weighted by Gasteiger charge is 2.73. The lowest BCUT2D eigenvalue weighted by molar-refractivity contribution is -0.348. The zero-order valence-corrected chi connectivity index (χ0v) is 16.5. The number of nitrogens with zero attached hydrogens (tertiary/aromatic N) is 1. The molecule has 3 rings (SSSR count). The first-order chi connectivity index (χ1) is 13.2. The van der Waals surface area contributed by atoms with Crippen molar-refractivity contribution in [1.29, 1.82) is 0 Å². The normalized spacial score (nSPS) is 17.7. The number of amides is 1. The number of rotatable bonds is 2. The van der Waals surface area contributed by atoms with Crippen LogP contribution in [-0.4, -0.2) is 23.4 Å². The maximum absolute atomic E-state index is 14.3.